The molecule has 6 saturated carbocycles. The van der Waals surface area contributed by atoms with Crippen molar-refractivity contribution >= 4 is 23.5 Å². The minimum absolute atomic E-state index is 0. The van der Waals surface area contributed by atoms with Gasteiger partial charge in [-0.3, -0.25) is 19.2 Å². The summed E-state index contributed by atoms with van der Waals surface area (Å²) in [7, 11) is 0. The molecule has 0 saturated heterocycles. The van der Waals surface area contributed by atoms with Crippen molar-refractivity contribution in [1.29, 1.82) is 0 Å². The van der Waals surface area contributed by atoms with Crippen LogP contribution in [0.15, 0.2) is 71.8 Å². The monoisotopic (exact) mass is 1170 g/mol. The number of allylic oxidation sites excluding steroid dienone is 2. The van der Waals surface area contributed by atoms with E-state index < -0.39 is 17.2 Å². The molecule has 8 aliphatic rings. The van der Waals surface area contributed by atoms with Gasteiger partial charge in [-0.15, -0.1) is 0 Å². The van der Waals surface area contributed by atoms with Gasteiger partial charge in [0.2, 0.25) is 0 Å². The quantitative estimate of drug-likeness (QED) is 0.0546. The number of hydrogen-bond acceptors (Lipinski definition) is 10. The van der Waals surface area contributed by atoms with Crippen LogP contribution < -0.4 is 39.0 Å². The maximum Gasteiger partial charge on any atom is 1.00 e. The molecular weight excluding hydrogens is 1060 g/mol. The number of ether oxygens (including phenoxy) is 3. The third kappa shape index (κ3) is 14.7. The van der Waals surface area contributed by atoms with E-state index in [0.29, 0.717) is 104 Å². The van der Waals surface area contributed by atoms with Crippen LogP contribution in [0, 0.1) is 69.0 Å². The molecule has 2 aromatic carbocycles. The molecule has 2 aromatic rings. The van der Waals surface area contributed by atoms with Crippen molar-refractivity contribution in [2.75, 3.05) is 19.8 Å². The molecule has 11 nitrogen and oxygen atoms in total. The molecule has 0 bridgehead atoms. The summed E-state index contributed by atoms with van der Waals surface area (Å²) in [6.07, 6.45) is 31.0. The summed E-state index contributed by atoms with van der Waals surface area (Å²) in [5.74, 6) is 6.42. The van der Waals surface area contributed by atoms with Crippen LogP contribution in [-0.4, -0.2) is 75.3 Å². The topological polar surface area (TPSA) is 187 Å². The summed E-state index contributed by atoms with van der Waals surface area (Å²) in [6, 6.07) is 16.8. The first kappa shape index (κ1) is 68.2. The van der Waals surface area contributed by atoms with Gasteiger partial charge < -0.3 is 35.0 Å². The first-order valence-corrected chi connectivity index (χ1v) is 32.8. The molecule has 6 unspecified atom stereocenters. The number of fused-ring (bicyclic) bond motifs is 10. The van der Waals surface area contributed by atoms with E-state index in [9.17, 15) is 29.4 Å². The van der Waals surface area contributed by atoms with E-state index >= 15 is 0 Å². The van der Waals surface area contributed by atoms with Crippen LogP contribution in [0.5, 0.6) is 11.5 Å². The third-order valence-corrected chi connectivity index (χ3v) is 24.2. The predicted octanol–water partition coefficient (Wildman–Crippen LogP) is 12.4. The van der Waals surface area contributed by atoms with E-state index in [0.717, 1.165) is 121 Å². The van der Waals surface area contributed by atoms with Crippen molar-refractivity contribution in [3.63, 3.8) is 0 Å². The molecule has 10 rings (SSSR count). The van der Waals surface area contributed by atoms with Gasteiger partial charge in [0.05, 0.1) is 31.0 Å². The maximum absolute atomic E-state index is 12.5. The molecule has 0 aliphatic heterocycles. The fraction of sp³-hybridized carbons (Fsp3) is 0.722. The van der Waals surface area contributed by atoms with Gasteiger partial charge in [-0.1, -0.05) is 75.9 Å². The van der Waals surface area contributed by atoms with Crippen molar-refractivity contribution in [3.8, 4) is 11.5 Å². The van der Waals surface area contributed by atoms with Crippen molar-refractivity contribution in [2.45, 2.75) is 239 Å². The smallest absolute Gasteiger partial charge is 0.870 e. The van der Waals surface area contributed by atoms with Gasteiger partial charge >= 0.3 is 41.5 Å². The van der Waals surface area contributed by atoms with Gasteiger partial charge in [-0.2, -0.15) is 0 Å². The molecule has 84 heavy (non-hydrogen) atoms. The number of unbranched alkanes of at least 4 members (excludes halogenated alkanes) is 4. The summed E-state index contributed by atoms with van der Waals surface area (Å²) in [5, 5.41) is 31.7. The van der Waals surface area contributed by atoms with E-state index in [2.05, 4.69) is 77.9 Å². The molecule has 8 aliphatic carbocycles. The SMILES string of the molecule is CCOC(=O)CCCCOc1cccc(CCCC[C@@H]2CC3=CC(=O)CC[C@]3(C)C3CC[C@@]4(C)C(CC[C@]4(C)O)C32)c1.C[C@]12CCC(=O)C=C1C[C@@H](CCCCc1cccc(OCCCCC(=O)O)c1)C1C2CC[C@@]2(C)C1CC[C@]2(C)O.[Na+].[OH-]. The Balaban J connectivity index is 0.000000236. The van der Waals surface area contributed by atoms with Crippen molar-refractivity contribution < 1.29 is 83.7 Å². The zero-order valence-corrected chi connectivity index (χ0v) is 55.0. The first-order valence-electron chi connectivity index (χ1n) is 32.8. The Kier molecular flexibility index (Phi) is 23.4. The largest absolute Gasteiger partial charge is 1.00 e. The van der Waals surface area contributed by atoms with E-state index in [1.54, 1.807) is 0 Å². The zero-order chi connectivity index (χ0) is 58.5. The molecule has 0 amide bonds. The number of carboxylic acids is 1. The Morgan fingerprint density at radius 1 is 0.560 bits per heavy atom. The van der Waals surface area contributed by atoms with Crippen LogP contribution in [0.1, 0.15) is 227 Å². The second kappa shape index (κ2) is 28.9. The number of ketones is 2. The molecule has 6 fully saturated rings. The first-order chi connectivity index (χ1) is 39.1. The van der Waals surface area contributed by atoms with Crippen molar-refractivity contribution in [1.82, 2.24) is 0 Å². The second-order valence-electron chi connectivity index (χ2n) is 28.7. The van der Waals surface area contributed by atoms with Crippen LogP contribution in [0.2, 0.25) is 0 Å². The number of carbonyl (C=O) groups excluding carboxylic acids is 3. The standard InChI is InChI=1S/C37H54O5.C35H50O5.Na.H2O/c1-5-41-33(39)15-8-9-22-42-30-14-10-12-26(23-30)11-6-7-13-27-24-28-25-29(38)16-19-35(28,2)31-17-20-36(3)32(34(27)31)18-21-37(36,4)40;1-33-17-14-27(36)23-26(33)22-25(32-29(33)15-18-34(2)30(32)16-19-35(34,3)39)11-5-4-9-24-10-8-12-28(21-24)40-20-7-6-13-31(37)38;;/h10,12,14,23,25,27,31-32,34,40H,5-9,11,13,15-22,24H2,1-4H3;8,10,12,21,23,25,29-30,32,39H,4-7,9,11,13-20,22H2,1-3H3,(H,37,38);;1H2/q;;+1;/p-1/t27-,31?,32?,34?,35+,36+,37+;25-,29?,30?,32?,33+,34+,35+;;/m11../s1. The average molecular weight is 1170 g/mol. The van der Waals surface area contributed by atoms with Crippen LogP contribution in [0.25, 0.3) is 0 Å². The summed E-state index contributed by atoms with van der Waals surface area (Å²) >= 11 is 0. The fourth-order valence-corrected chi connectivity index (χ4v) is 18.9. The van der Waals surface area contributed by atoms with E-state index in [4.69, 9.17) is 19.3 Å². The van der Waals surface area contributed by atoms with Crippen LogP contribution in [0.4, 0.5) is 0 Å². The number of esters is 1. The van der Waals surface area contributed by atoms with E-state index in [-0.39, 0.29) is 69.1 Å². The molecule has 4 N–H and O–H groups in total. The van der Waals surface area contributed by atoms with E-state index in [1.807, 2.05) is 31.2 Å². The summed E-state index contributed by atoms with van der Waals surface area (Å²) in [5.41, 5.74) is 4.64. The number of carbonyl (C=O) groups is 4. The molecule has 0 aromatic heterocycles. The minimum atomic E-state index is -0.753. The second-order valence-corrected chi connectivity index (χ2v) is 28.7. The maximum atomic E-state index is 12.5. The summed E-state index contributed by atoms with van der Waals surface area (Å²) < 4.78 is 16.8. The van der Waals surface area contributed by atoms with Gasteiger partial charge in [0, 0.05) is 25.7 Å². The number of benzene rings is 2. The molecule has 0 spiro atoms. The van der Waals surface area contributed by atoms with Gasteiger partial charge in [0.1, 0.15) is 11.5 Å². The van der Waals surface area contributed by atoms with Crippen LogP contribution >= 0.6 is 0 Å². The number of carboxylic acid groups (broad SMARTS) is 1. The minimum Gasteiger partial charge on any atom is -0.870 e. The van der Waals surface area contributed by atoms with Gasteiger partial charge in [0.15, 0.2) is 11.6 Å². The van der Waals surface area contributed by atoms with Crippen molar-refractivity contribution in [2.24, 2.45) is 69.0 Å². The number of aliphatic hydroxyl groups is 2. The van der Waals surface area contributed by atoms with Crippen molar-refractivity contribution in [3.05, 3.63) is 83.0 Å². The average Bonchev–Trinajstić information content (AvgIpc) is 1.87. The molecule has 460 valence electrons. The van der Waals surface area contributed by atoms with Crippen LogP contribution in [-0.2, 0) is 36.8 Å². The normalized spacial score (nSPS) is 35.3. The molecular formula is C72H105NaO11. The fourth-order valence-electron chi connectivity index (χ4n) is 18.9. The Bertz CT molecular complexity index is 2640. The van der Waals surface area contributed by atoms with Crippen LogP contribution in [0.3, 0.4) is 0 Å². The number of rotatable bonds is 23. The Morgan fingerprint density at radius 3 is 1.42 bits per heavy atom. The molecule has 14 atom stereocenters. The van der Waals surface area contributed by atoms with Gasteiger partial charge in [-0.25, -0.2) is 0 Å². The Labute approximate surface area is 526 Å². The third-order valence-electron chi connectivity index (χ3n) is 24.2. The predicted molar refractivity (Wildman–Crippen MR) is 325 cm³/mol. The molecule has 0 radical (unpaired) electrons. The van der Waals surface area contributed by atoms with E-state index in [1.165, 1.54) is 60.8 Å². The summed E-state index contributed by atoms with van der Waals surface area (Å²) in [4.78, 5) is 47.2. The number of hydrogen-bond donors (Lipinski definition) is 3. The Hall–Kier alpha value is -3.32. The van der Waals surface area contributed by atoms with Gasteiger partial charge in [0.25, 0.3) is 0 Å². The van der Waals surface area contributed by atoms with Gasteiger partial charge in [-0.05, 0) is 279 Å². The number of aliphatic carboxylic acids is 1. The number of aryl methyl sites for hydroxylation is 2. The molecule has 0 heterocycles. The Morgan fingerprint density at radius 2 is 0.988 bits per heavy atom. The zero-order valence-electron chi connectivity index (χ0n) is 53.0. The molecule has 12 heteroatoms. The summed E-state index contributed by atoms with van der Waals surface area (Å²) in [6.45, 7) is 17.3.